The minimum atomic E-state index is -0.169. The molecule has 0 spiro atoms. The number of hydrogen-bond donors (Lipinski definition) is 1. The Morgan fingerprint density at radius 2 is 2.19 bits per heavy atom. The standard InChI is InChI=1S/C17H21FN2S/c1-11-7-17(15(12(2)19)8-16(11)18)20(14-3-4-14)9-13-5-6-21-10-13/h5-8,10,12,14H,3-4,9,19H2,1-2H3. The molecule has 0 saturated heterocycles. The molecule has 21 heavy (non-hydrogen) atoms. The minimum Gasteiger partial charge on any atom is -0.364 e. The maximum atomic E-state index is 13.9. The second-order valence-electron chi connectivity index (χ2n) is 5.94. The van der Waals surface area contributed by atoms with Gasteiger partial charge in [-0.1, -0.05) is 0 Å². The number of hydrogen-bond acceptors (Lipinski definition) is 3. The van der Waals surface area contributed by atoms with Crippen molar-refractivity contribution in [3.63, 3.8) is 0 Å². The van der Waals surface area contributed by atoms with E-state index in [9.17, 15) is 4.39 Å². The molecule has 1 fully saturated rings. The molecule has 1 atom stereocenters. The van der Waals surface area contributed by atoms with Gasteiger partial charge in [0, 0.05) is 24.3 Å². The zero-order valence-electron chi connectivity index (χ0n) is 12.5. The summed E-state index contributed by atoms with van der Waals surface area (Å²) < 4.78 is 13.9. The SMILES string of the molecule is Cc1cc(N(Cc2ccsc2)C2CC2)c(C(C)N)cc1F. The molecule has 1 aromatic heterocycles. The van der Waals surface area contributed by atoms with Gasteiger partial charge in [-0.05, 0) is 72.3 Å². The fraction of sp³-hybridized carbons (Fsp3) is 0.412. The molecule has 2 N–H and O–H groups in total. The quantitative estimate of drug-likeness (QED) is 0.888. The second-order valence-corrected chi connectivity index (χ2v) is 6.72. The lowest BCUT2D eigenvalue weighted by Gasteiger charge is -2.28. The molecule has 1 aliphatic rings. The van der Waals surface area contributed by atoms with Crippen molar-refractivity contribution in [1.82, 2.24) is 0 Å². The Kier molecular flexibility index (Phi) is 4.00. The molecule has 4 heteroatoms. The maximum Gasteiger partial charge on any atom is 0.126 e. The van der Waals surface area contributed by atoms with Gasteiger partial charge in [-0.2, -0.15) is 11.3 Å². The van der Waals surface area contributed by atoms with E-state index in [1.54, 1.807) is 17.4 Å². The maximum absolute atomic E-state index is 13.9. The molecule has 1 aromatic carbocycles. The highest BCUT2D eigenvalue weighted by Crippen LogP contribution is 2.37. The van der Waals surface area contributed by atoms with Gasteiger partial charge in [0.05, 0.1) is 0 Å². The Morgan fingerprint density at radius 1 is 1.43 bits per heavy atom. The number of benzene rings is 1. The summed E-state index contributed by atoms with van der Waals surface area (Å²) in [4.78, 5) is 2.40. The number of thiophene rings is 1. The van der Waals surface area contributed by atoms with Crippen molar-refractivity contribution in [2.45, 2.75) is 45.3 Å². The van der Waals surface area contributed by atoms with Gasteiger partial charge >= 0.3 is 0 Å². The van der Waals surface area contributed by atoms with Crippen LogP contribution in [0.25, 0.3) is 0 Å². The third kappa shape index (κ3) is 3.11. The average molecular weight is 304 g/mol. The molecule has 1 saturated carbocycles. The Morgan fingerprint density at radius 3 is 2.76 bits per heavy atom. The number of rotatable bonds is 5. The summed E-state index contributed by atoms with van der Waals surface area (Å²) in [5, 5.41) is 4.28. The first-order chi connectivity index (χ1) is 10.1. The van der Waals surface area contributed by atoms with Crippen LogP contribution in [-0.2, 0) is 6.54 Å². The summed E-state index contributed by atoms with van der Waals surface area (Å²) in [6, 6.07) is 6.12. The van der Waals surface area contributed by atoms with Crippen LogP contribution in [0.2, 0.25) is 0 Å². The first-order valence-electron chi connectivity index (χ1n) is 7.39. The molecular weight excluding hydrogens is 283 g/mol. The smallest absolute Gasteiger partial charge is 0.126 e. The van der Waals surface area contributed by atoms with Crippen molar-refractivity contribution in [3.8, 4) is 0 Å². The minimum absolute atomic E-state index is 0.168. The Hall–Kier alpha value is -1.39. The number of nitrogens with two attached hydrogens (primary N) is 1. The van der Waals surface area contributed by atoms with E-state index >= 15 is 0 Å². The number of halogens is 1. The summed E-state index contributed by atoms with van der Waals surface area (Å²) >= 11 is 1.71. The van der Waals surface area contributed by atoms with E-state index in [0.717, 1.165) is 17.8 Å². The van der Waals surface area contributed by atoms with Crippen LogP contribution in [0.3, 0.4) is 0 Å². The molecule has 0 amide bonds. The summed E-state index contributed by atoms with van der Waals surface area (Å²) in [5.74, 6) is -0.169. The Labute approximate surface area is 129 Å². The number of aryl methyl sites for hydroxylation is 1. The molecule has 112 valence electrons. The van der Waals surface area contributed by atoms with Gasteiger partial charge in [-0.15, -0.1) is 0 Å². The highest BCUT2D eigenvalue weighted by atomic mass is 32.1. The topological polar surface area (TPSA) is 29.3 Å². The van der Waals surface area contributed by atoms with E-state index in [2.05, 4.69) is 21.7 Å². The predicted octanol–water partition coefficient (Wildman–Crippen LogP) is 4.38. The molecule has 0 radical (unpaired) electrons. The Bertz CT molecular complexity index is 618. The van der Waals surface area contributed by atoms with Crippen molar-refractivity contribution >= 4 is 17.0 Å². The van der Waals surface area contributed by atoms with Crippen LogP contribution < -0.4 is 10.6 Å². The first-order valence-corrected chi connectivity index (χ1v) is 8.34. The Balaban J connectivity index is 2.00. The predicted molar refractivity (Wildman–Crippen MR) is 87.3 cm³/mol. The van der Waals surface area contributed by atoms with Gasteiger partial charge in [0.1, 0.15) is 5.82 Å². The summed E-state index contributed by atoms with van der Waals surface area (Å²) in [6.07, 6.45) is 2.41. The molecule has 2 aromatic rings. The second kappa shape index (κ2) is 5.78. The molecule has 3 rings (SSSR count). The van der Waals surface area contributed by atoms with Crippen LogP contribution in [0, 0.1) is 12.7 Å². The summed E-state index contributed by atoms with van der Waals surface area (Å²) in [5.41, 5.74) is 10.1. The van der Waals surface area contributed by atoms with Crippen molar-refractivity contribution in [2.75, 3.05) is 4.90 Å². The molecule has 1 heterocycles. The normalized spacial score (nSPS) is 16.0. The van der Waals surface area contributed by atoms with Gasteiger partial charge < -0.3 is 10.6 Å². The fourth-order valence-corrected chi connectivity index (χ4v) is 3.33. The number of nitrogens with zero attached hydrogens (tertiary/aromatic N) is 1. The third-order valence-electron chi connectivity index (χ3n) is 4.03. The van der Waals surface area contributed by atoms with E-state index in [4.69, 9.17) is 5.73 Å². The number of anilines is 1. The van der Waals surface area contributed by atoms with Crippen LogP contribution in [-0.4, -0.2) is 6.04 Å². The van der Waals surface area contributed by atoms with Crippen LogP contribution in [0.5, 0.6) is 0 Å². The highest BCUT2D eigenvalue weighted by Gasteiger charge is 2.31. The van der Waals surface area contributed by atoms with Crippen LogP contribution in [0.4, 0.5) is 10.1 Å². The highest BCUT2D eigenvalue weighted by molar-refractivity contribution is 7.07. The lowest BCUT2D eigenvalue weighted by Crippen LogP contribution is -2.27. The summed E-state index contributed by atoms with van der Waals surface area (Å²) in [7, 11) is 0. The van der Waals surface area contributed by atoms with Gasteiger partial charge in [0.25, 0.3) is 0 Å². The first kappa shape index (κ1) is 14.5. The van der Waals surface area contributed by atoms with E-state index in [0.29, 0.717) is 11.6 Å². The largest absolute Gasteiger partial charge is 0.364 e. The van der Waals surface area contributed by atoms with E-state index < -0.39 is 0 Å². The van der Waals surface area contributed by atoms with Crippen LogP contribution in [0.15, 0.2) is 29.0 Å². The molecular formula is C17H21FN2S. The van der Waals surface area contributed by atoms with Gasteiger partial charge in [-0.3, -0.25) is 0 Å². The van der Waals surface area contributed by atoms with Crippen LogP contribution >= 0.6 is 11.3 Å². The average Bonchev–Trinajstić information content (AvgIpc) is 3.15. The van der Waals surface area contributed by atoms with E-state index in [1.807, 2.05) is 19.9 Å². The van der Waals surface area contributed by atoms with Crippen LogP contribution in [0.1, 0.15) is 42.5 Å². The van der Waals surface area contributed by atoms with Gasteiger partial charge in [0.2, 0.25) is 0 Å². The zero-order chi connectivity index (χ0) is 15.0. The lowest BCUT2D eigenvalue weighted by atomic mass is 10.0. The molecule has 2 nitrogen and oxygen atoms in total. The van der Waals surface area contributed by atoms with Crippen molar-refractivity contribution < 1.29 is 4.39 Å². The van der Waals surface area contributed by atoms with E-state index in [-0.39, 0.29) is 11.9 Å². The zero-order valence-corrected chi connectivity index (χ0v) is 13.3. The monoisotopic (exact) mass is 304 g/mol. The van der Waals surface area contributed by atoms with Crippen molar-refractivity contribution in [3.05, 3.63) is 51.5 Å². The lowest BCUT2D eigenvalue weighted by molar-refractivity contribution is 0.611. The molecule has 0 aliphatic heterocycles. The fourth-order valence-electron chi connectivity index (χ4n) is 2.67. The van der Waals surface area contributed by atoms with E-state index in [1.165, 1.54) is 18.4 Å². The summed E-state index contributed by atoms with van der Waals surface area (Å²) in [6.45, 7) is 4.61. The molecule has 0 bridgehead atoms. The third-order valence-corrected chi connectivity index (χ3v) is 4.76. The van der Waals surface area contributed by atoms with Gasteiger partial charge in [-0.25, -0.2) is 4.39 Å². The van der Waals surface area contributed by atoms with Crippen molar-refractivity contribution in [1.29, 1.82) is 0 Å². The van der Waals surface area contributed by atoms with Gasteiger partial charge in [0.15, 0.2) is 0 Å². The molecule has 1 aliphatic carbocycles. The molecule has 1 unspecified atom stereocenters. The van der Waals surface area contributed by atoms with Crippen molar-refractivity contribution in [2.24, 2.45) is 5.73 Å².